The fourth-order valence-electron chi connectivity index (χ4n) is 4.63. The highest BCUT2D eigenvalue weighted by Gasteiger charge is 2.26. The Kier molecular flexibility index (Phi) is 6.94. The molecule has 0 atom stereocenters. The molecule has 0 radical (unpaired) electrons. The number of hydrogen-bond acceptors (Lipinski definition) is 3. The molecule has 29 heavy (non-hydrogen) atoms. The number of likely N-dealkylation sites (tertiary alicyclic amines) is 1. The van der Waals surface area contributed by atoms with Gasteiger partial charge in [0.25, 0.3) is 0 Å². The summed E-state index contributed by atoms with van der Waals surface area (Å²) in [6, 6.07) is 18.1. The molecule has 3 nitrogen and oxygen atoms in total. The summed E-state index contributed by atoms with van der Waals surface area (Å²) in [4.78, 5) is 16.2. The molecular weight excluding hydrogens is 376 g/mol. The van der Waals surface area contributed by atoms with Crippen molar-refractivity contribution < 1.29 is 4.79 Å². The number of carbonyl (C=O) groups excluding carboxylic acids is 1. The van der Waals surface area contributed by atoms with Crippen molar-refractivity contribution >= 4 is 17.7 Å². The molecule has 2 aliphatic rings. The molecule has 1 saturated heterocycles. The summed E-state index contributed by atoms with van der Waals surface area (Å²) in [5.74, 6) is 0.585. The van der Waals surface area contributed by atoms with Gasteiger partial charge in [-0.1, -0.05) is 43.2 Å². The van der Waals surface area contributed by atoms with Crippen molar-refractivity contribution in [1.29, 1.82) is 0 Å². The fourth-order valence-corrected chi connectivity index (χ4v) is 5.04. The topological polar surface area (TPSA) is 32.3 Å². The lowest BCUT2D eigenvalue weighted by Gasteiger charge is -2.33. The first-order chi connectivity index (χ1) is 14.2. The Morgan fingerprint density at radius 1 is 1.00 bits per heavy atom. The maximum absolute atomic E-state index is 12.4. The first kappa shape index (κ1) is 20.5. The number of amides is 1. The van der Waals surface area contributed by atoms with Crippen molar-refractivity contribution in [2.75, 3.05) is 19.3 Å². The van der Waals surface area contributed by atoms with Crippen molar-refractivity contribution in [3.8, 4) is 11.1 Å². The Bertz CT molecular complexity index is 806. The number of piperidine rings is 1. The summed E-state index contributed by atoms with van der Waals surface area (Å²) in [6.45, 7) is 3.10. The number of rotatable bonds is 6. The molecule has 4 heteroatoms. The zero-order chi connectivity index (χ0) is 20.1. The standard InChI is InChI=1S/C25H32N2OS/c1-29-24-11-9-20(10-12-24)22-8-4-5-19(17-22)18-27-15-13-23(14-16-27)26-25(28)21-6-2-3-7-21/h4-5,8-12,17,21,23H,2-3,6-7,13-16,18H2,1H3,(H,26,28). The van der Waals surface area contributed by atoms with E-state index in [0.29, 0.717) is 11.9 Å². The van der Waals surface area contributed by atoms with E-state index in [1.807, 2.05) is 0 Å². The lowest BCUT2D eigenvalue weighted by atomic mass is 10.0. The molecule has 154 valence electrons. The minimum Gasteiger partial charge on any atom is -0.353 e. The van der Waals surface area contributed by atoms with Crippen LogP contribution in [0.1, 0.15) is 44.1 Å². The SMILES string of the molecule is CSc1ccc(-c2cccc(CN3CCC(NC(=O)C4CCCC4)CC3)c2)cc1. The third kappa shape index (κ3) is 5.43. The molecule has 1 aliphatic heterocycles. The minimum atomic E-state index is 0.278. The zero-order valence-electron chi connectivity index (χ0n) is 17.4. The maximum atomic E-state index is 12.4. The third-order valence-corrected chi connectivity index (χ3v) is 7.16. The van der Waals surface area contributed by atoms with Crippen LogP contribution < -0.4 is 5.32 Å². The van der Waals surface area contributed by atoms with Crippen molar-refractivity contribution in [3.05, 3.63) is 54.1 Å². The van der Waals surface area contributed by atoms with Gasteiger partial charge in [-0.15, -0.1) is 11.8 Å². The molecule has 0 aromatic heterocycles. The quantitative estimate of drug-likeness (QED) is 0.654. The Hall–Kier alpha value is -1.78. The second-order valence-electron chi connectivity index (χ2n) is 8.47. The van der Waals surface area contributed by atoms with Gasteiger partial charge in [0.2, 0.25) is 5.91 Å². The molecule has 1 saturated carbocycles. The lowest BCUT2D eigenvalue weighted by Crippen LogP contribution is -2.45. The van der Waals surface area contributed by atoms with E-state index < -0.39 is 0 Å². The molecular formula is C25H32N2OS. The van der Waals surface area contributed by atoms with Crippen molar-refractivity contribution in [1.82, 2.24) is 10.2 Å². The molecule has 2 fully saturated rings. The molecule has 0 spiro atoms. The van der Waals surface area contributed by atoms with Gasteiger partial charge < -0.3 is 5.32 Å². The predicted octanol–water partition coefficient (Wildman–Crippen LogP) is 5.35. The van der Waals surface area contributed by atoms with Gasteiger partial charge in [0.05, 0.1) is 0 Å². The van der Waals surface area contributed by atoms with E-state index in [0.717, 1.165) is 45.3 Å². The highest BCUT2D eigenvalue weighted by molar-refractivity contribution is 7.98. The molecule has 1 N–H and O–H groups in total. The Labute approximate surface area is 179 Å². The number of hydrogen-bond donors (Lipinski definition) is 1. The van der Waals surface area contributed by atoms with Gasteiger partial charge in [0.15, 0.2) is 0 Å². The van der Waals surface area contributed by atoms with Gasteiger partial charge in [0.1, 0.15) is 0 Å². The summed E-state index contributed by atoms with van der Waals surface area (Å²) in [5.41, 5.74) is 3.93. The van der Waals surface area contributed by atoms with E-state index in [1.54, 1.807) is 11.8 Å². The van der Waals surface area contributed by atoms with Crippen LogP contribution in [0.3, 0.4) is 0 Å². The van der Waals surface area contributed by atoms with E-state index in [-0.39, 0.29) is 5.92 Å². The van der Waals surface area contributed by atoms with E-state index in [1.165, 1.54) is 34.4 Å². The average Bonchev–Trinajstić information content (AvgIpc) is 3.31. The first-order valence-electron chi connectivity index (χ1n) is 11.0. The first-order valence-corrected chi connectivity index (χ1v) is 12.2. The molecule has 1 amide bonds. The highest BCUT2D eigenvalue weighted by Crippen LogP contribution is 2.26. The predicted molar refractivity (Wildman–Crippen MR) is 122 cm³/mol. The van der Waals surface area contributed by atoms with Crippen LogP contribution in [-0.4, -0.2) is 36.2 Å². The largest absolute Gasteiger partial charge is 0.353 e. The van der Waals surface area contributed by atoms with Gasteiger partial charge in [0, 0.05) is 36.5 Å². The van der Waals surface area contributed by atoms with Gasteiger partial charge in [-0.3, -0.25) is 9.69 Å². The summed E-state index contributed by atoms with van der Waals surface area (Å²) < 4.78 is 0. The number of nitrogens with zero attached hydrogens (tertiary/aromatic N) is 1. The average molecular weight is 409 g/mol. The van der Waals surface area contributed by atoms with Crippen LogP contribution in [0.15, 0.2) is 53.4 Å². The highest BCUT2D eigenvalue weighted by atomic mass is 32.2. The lowest BCUT2D eigenvalue weighted by molar-refractivity contribution is -0.125. The van der Waals surface area contributed by atoms with Crippen molar-refractivity contribution in [3.63, 3.8) is 0 Å². The molecule has 0 unspecified atom stereocenters. The smallest absolute Gasteiger partial charge is 0.223 e. The molecule has 2 aromatic rings. The Morgan fingerprint density at radius 3 is 2.41 bits per heavy atom. The van der Waals surface area contributed by atoms with Crippen LogP contribution in [0.5, 0.6) is 0 Å². The van der Waals surface area contributed by atoms with Crippen LogP contribution in [0.2, 0.25) is 0 Å². The van der Waals surface area contributed by atoms with Gasteiger partial charge in [-0.25, -0.2) is 0 Å². The second-order valence-corrected chi connectivity index (χ2v) is 9.35. The second kappa shape index (κ2) is 9.82. The normalized spacial score (nSPS) is 18.8. The third-order valence-electron chi connectivity index (χ3n) is 6.42. The monoisotopic (exact) mass is 408 g/mol. The molecule has 0 bridgehead atoms. The molecule has 1 heterocycles. The fraction of sp³-hybridized carbons (Fsp3) is 0.480. The summed E-state index contributed by atoms with van der Waals surface area (Å²) in [6.07, 6.45) is 8.85. The minimum absolute atomic E-state index is 0.278. The Morgan fingerprint density at radius 2 is 1.72 bits per heavy atom. The number of benzene rings is 2. The van der Waals surface area contributed by atoms with Crippen LogP contribution in [0.25, 0.3) is 11.1 Å². The maximum Gasteiger partial charge on any atom is 0.223 e. The number of thioether (sulfide) groups is 1. The summed E-state index contributed by atoms with van der Waals surface area (Å²) >= 11 is 1.78. The van der Waals surface area contributed by atoms with Crippen LogP contribution in [0.4, 0.5) is 0 Å². The van der Waals surface area contributed by atoms with E-state index >= 15 is 0 Å². The summed E-state index contributed by atoms with van der Waals surface area (Å²) in [7, 11) is 0. The zero-order valence-corrected chi connectivity index (χ0v) is 18.2. The van der Waals surface area contributed by atoms with Gasteiger partial charge in [-0.05, 0) is 66.8 Å². The van der Waals surface area contributed by atoms with E-state index in [9.17, 15) is 4.79 Å². The van der Waals surface area contributed by atoms with E-state index in [4.69, 9.17) is 0 Å². The van der Waals surface area contributed by atoms with Crippen molar-refractivity contribution in [2.24, 2.45) is 5.92 Å². The van der Waals surface area contributed by atoms with Crippen LogP contribution in [-0.2, 0) is 11.3 Å². The van der Waals surface area contributed by atoms with Crippen molar-refractivity contribution in [2.45, 2.75) is 56.0 Å². The number of nitrogens with one attached hydrogen (secondary N) is 1. The molecule has 4 rings (SSSR count). The molecule has 1 aliphatic carbocycles. The van der Waals surface area contributed by atoms with E-state index in [2.05, 4.69) is 65.0 Å². The Balaban J connectivity index is 1.29. The van der Waals surface area contributed by atoms with Crippen LogP contribution >= 0.6 is 11.8 Å². The molecule has 2 aromatic carbocycles. The summed E-state index contributed by atoms with van der Waals surface area (Å²) in [5, 5.41) is 3.32. The van der Waals surface area contributed by atoms with Gasteiger partial charge >= 0.3 is 0 Å². The van der Waals surface area contributed by atoms with Crippen LogP contribution in [0, 0.1) is 5.92 Å². The van der Waals surface area contributed by atoms with Gasteiger partial charge in [-0.2, -0.15) is 0 Å². The number of carbonyl (C=O) groups is 1.